The molecule has 0 aromatic heterocycles. The Morgan fingerprint density at radius 2 is 1.83 bits per heavy atom. The first-order valence-corrected chi connectivity index (χ1v) is 6.47. The standard InChI is InChI=1S/C13H10O4S/c1-2-7-17-12-5-3-11-9-13(18(14,15)16)6-4-10(11)8-12/h3-9H,1H2,(H,14,15,16). The summed E-state index contributed by atoms with van der Waals surface area (Å²) in [6.07, 6.45) is 1.33. The fourth-order valence-electron chi connectivity index (χ4n) is 1.55. The molecule has 92 valence electrons. The molecule has 0 saturated carbocycles. The van der Waals surface area contributed by atoms with Gasteiger partial charge in [-0.05, 0) is 35.0 Å². The Hall–Kier alpha value is -2.07. The molecule has 0 aliphatic carbocycles. The molecule has 5 heteroatoms. The van der Waals surface area contributed by atoms with Crippen molar-refractivity contribution in [2.45, 2.75) is 4.90 Å². The summed E-state index contributed by atoms with van der Waals surface area (Å²) < 4.78 is 36.1. The van der Waals surface area contributed by atoms with Gasteiger partial charge < -0.3 is 4.74 Å². The second-order valence-corrected chi connectivity index (χ2v) is 5.01. The highest BCUT2D eigenvalue weighted by molar-refractivity contribution is 7.85. The number of benzene rings is 2. The number of rotatable bonds is 3. The molecule has 0 amide bonds. The van der Waals surface area contributed by atoms with E-state index >= 15 is 0 Å². The summed E-state index contributed by atoms with van der Waals surface area (Å²) in [6.45, 7) is 3.38. The van der Waals surface area contributed by atoms with Crippen LogP contribution >= 0.6 is 0 Å². The van der Waals surface area contributed by atoms with E-state index in [9.17, 15) is 8.42 Å². The third-order valence-electron chi connectivity index (χ3n) is 2.36. The van der Waals surface area contributed by atoms with Crippen molar-refractivity contribution in [2.75, 3.05) is 0 Å². The van der Waals surface area contributed by atoms with Crippen molar-refractivity contribution in [3.8, 4) is 5.75 Å². The van der Waals surface area contributed by atoms with Crippen molar-refractivity contribution in [3.05, 3.63) is 55.0 Å². The van der Waals surface area contributed by atoms with Crippen molar-refractivity contribution < 1.29 is 17.7 Å². The SMILES string of the molecule is C=C=COc1ccc2cc(S(=O)(=O)O)ccc2c1. The molecule has 0 radical (unpaired) electrons. The quantitative estimate of drug-likeness (QED) is 0.525. The van der Waals surface area contributed by atoms with E-state index in [2.05, 4.69) is 12.3 Å². The highest BCUT2D eigenvalue weighted by atomic mass is 32.2. The molecule has 0 unspecified atom stereocenters. The monoisotopic (exact) mass is 262 g/mol. The highest BCUT2D eigenvalue weighted by Crippen LogP contribution is 2.23. The van der Waals surface area contributed by atoms with Crippen LogP contribution in [0.2, 0.25) is 0 Å². The number of fused-ring (bicyclic) bond motifs is 1. The van der Waals surface area contributed by atoms with Crippen LogP contribution in [0.15, 0.2) is 59.9 Å². The average Bonchev–Trinajstić information content (AvgIpc) is 2.34. The molecule has 1 N–H and O–H groups in total. The van der Waals surface area contributed by atoms with Gasteiger partial charge in [-0.15, -0.1) is 0 Å². The van der Waals surface area contributed by atoms with Gasteiger partial charge in [0.1, 0.15) is 12.0 Å². The molecular weight excluding hydrogens is 252 g/mol. The Kier molecular flexibility index (Phi) is 3.21. The molecule has 0 fully saturated rings. The number of ether oxygens (including phenoxy) is 1. The van der Waals surface area contributed by atoms with E-state index in [4.69, 9.17) is 9.29 Å². The Balaban J connectivity index is 2.51. The Morgan fingerprint density at radius 3 is 2.50 bits per heavy atom. The second-order valence-electron chi connectivity index (χ2n) is 3.59. The Bertz CT molecular complexity index is 741. The van der Waals surface area contributed by atoms with Crippen LogP contribution in [0.4, 0.5) is 0 Å². The van der Waals surface area contributed by atoms with Crippen LogP contribution in [0, 0.1) is 0 Å². The lowest BCUT2D eigenvalue weighted by Gasteiger charge is -2.03. The van der Waals surface area contributed by atoms with Crippen LogP contribution in [0.3, 0.4) is 0 Å². The summed E-state index contributed by atoms with van der Waals surface area (Å²) in [7, 11) is -4.17. The van der Waals surface area contributed by atoms with Gasteiger partial charge in [0.15, 0.2) is 0 Å². The van der Waals surface area contributed by atoms with E-state index in [0.717, 1.165) is 5.39 Å². The minimum atomic E-state index is -4.17. The smallest absolute Gasteiger partial charge is 0.294 e. The lowest BCUT2D eigenvalue weighted by Crippen LogP contribution is -1.97. The van der Waals surface area contributed by atoms with E-state index in [1.165, 1.54) is 18.4 Å². The second kappa shape index (κ2) is 4.66. The van der Waals surface area contributed by atoms with Crippen LogP contribution < -0.4 is 4.74 Å². The molecule has 0 bridgehead atoms. The van der Waals surface area contributed by atoms with Gasteiger partial charge in [-0.1, -0.05) is 24.4 Å². The molecule has 0 heterocycles. The zero-order valence-electron chi connectivity index (χ0n) is 9.33. The molecule has 2 aromatic carbocycles. The zero-order valence-corrected chi connectivity index (χ0v) is 10.1. The molecule has 2 aromatic rings. The summed E-state index contributed by atoms with van der Waals surface area (Å²) in [5.41, 5.74) is 2.48. The van der Waals surface area contributed by atoms with Gasteiger partial charge >= 0.3 is 0 Å². The van der Waals surface area contributed by atoms with E-state index in [1.54, 1.807) is 24.3 Å². The van der Waals surface area contributed by atoms with Crippen molar-refractivity contribution in [2.24, 2.45) is 0 Å². The summed E-state index contributed by atoms with van der Waals surface area (Å²) in [6, 6.07) is 9.47. The van der Waals surface area contributed by atoms with Crippen molar-refractivity contribution in [1.82, 2.24) is 0 Å². The molecule has 4 nitrogen and oxygen atoms in total. The molecule has 2 rings (SSSR count). The molecular formula is C13H10O4S. The third-order valence-corrected chi connectivity index (χ3v) is 3.21. The largest absolute Gasteiger partial charge is 0.457 e. The van der Waals surface area contributed by atoms with Gasteiger partial charge in [0.05, 0.1) is 4.90 Å². The number of hydrogen-bond acceptors (Lipinski definition) is 3. The maximum atomic E-state index is 11.0. The first kappa shape index (κ1) is 12.4. The maximum Gasteiger partial charge on any atom is 0.294 e. The molecule has 0 saturated heterocycles. The fraction of sp³-hybridized carbons (Fsp3) is 0. The fourth-order valence-corrected chi connectivity index (χ4v) is 2.06. The summed E-state index contributed by atoms with van der Waals surface area (Å²) in [5.74, 6) is 0.596. The third kappa shape index (κ3) is 2.60. The lowest BCUT2D eigenvalue weighted by molar-refractivity contribution is 0.483. The predicted molar refractivity (Wildman–Crippen MR) is 68.1 cm³/mol. The Morgan fingerprint density at radius 1 is 1.17 bits per heavy atom. The van der Waals surface area contributed by atoms with Gasteiger partial charge in [0.2, 0.25) is 0 Å². The zero-order chi connectivity index (χ0) is 13.2. The molecule has 0 spiro atoms. The van der Waals surface area contributed by atoms with E-state index < -0.39 is 10.1 Å². The van der Waals surface area contributed by atoms with Crippen molar-refractivity contribution in [1.29, 1.82) is 0 Å². The molecule has 0 aliphatic rings. The Labute approximate surface area is 105 Å². The average molecular weight is 262 g/mol. The van der Waals surface area contributed by atoms with Crippen LogP contribution in [-0.4, -0.2) is 13.0 Å². The normalized spacial score (nSPS) is 10.9. The van der Waals surface area contributed by atoms with E-state index in [1.807, 2.05) is 0 Å². The van der Waals surface area contributed by atoms with Crippen LogP contribution in [0.1, 0.15) is 0 Å². The summed E-state index contributed by atoms with van der Waals surface area (Å²) in [5, 5.41) is 1.50. The first-order chi connectivity index (χ1) is 8.50. The molecule has 0 atom stereocenters. The first-order valence-electron chi connectivity index (χ1n) is 5.03. The van der Waals surface area contributed by atoms with Crippen molar-refractivity contribution in [3.63, 3.8) is 0 Å². The minimum Gasteiger partial charge on any atom is -0.457 e. The van der Waals surface area contributed by atoms with Gasteiger partial charge in [-0.2, -0.15) is 8.42 Å². The van der Waals surface area contributed by atoms with Gasteiger partial charge in [-0.25, -0.2) is 0 Å². The minimum absolute atomic E-state index is 0.130. The van der Waals surface area contributed by atoms with Gasteiger partial charge in [-0.3, -0.25) is 4.55 Å². The topological polar surface area (TPSA) is 63.6 Å². The summed E-state index contributed by atoms with van der Waals surface area (Å²) >= 11 is 0. The van der Waals surface area contributed by atoms with Gasteiger partial charge in [0.25, 0.3) is 10.1 Å². The van der Waals surface area contributed by atoms with Crippen LogP contribution in [0.5, 0.6) is 5.75 Å². The number of hydrogen-bond donors (Lipinski definition) is 1. The maximum absolute atomic E-state index is 11.0. The molecule has 0 aliphatic heterocycles. The van der Waals surface area contributed by atoms with E-state index in [-0.39, 0.29) is 4.90 Å². The van der Waals surface area contributed by atoms with Crippen LogP contribution in [-0.2, 0) is 10.1 Å². The predicted octanol–water partition coefficient (Wildman–Crippen LogP) is 2.76. The summed E-state index contributed by atoms with van der Waals surface area (Å²) in [4.78, 5) is -0.130. The van der Waals surface area contributed by atoms with E-state index in [0.29, 0.717) is 11.1 Å². The lowest BCUT2D eigenvalue weighted by atomic mass is 10.1. The van der Waals surface area contributed by atoms with Crippen LogP contribution in [0.25, 0.3) is 10.8 Å². The van der Waals surface area contributed by atoms with Gasteiger partial charge in [0, 0.05) is 0 Å². The highest BCUT2D eigenvalue weighted by Gasteiger charge is 2.09. The van der Waals surface area contributed by atoms with Crippen molar-refractivity contribution >= 4 is 20.9 Å². The molecule has 18 heavy (non-hydrogen) atoms.